The van der Waals surface area contributed by atoms with Crippen LogP contribution in [-0.4, -0.2) is 36.3 Å². The number of aliphatic hydroxyl groups is 1. The smallest absolute Gasteiger partial charge is 0.409 e. The Morgan fingerprint density at radius 2 is 1.90 bits per heavy atom. The summed E-state index contributed by atoms with van der Waals surface area (Å²) in [5.41, 5.74) is 1.73. The lowest BCUT2D eigenvalue weighted by Gasteiger charge is -2.19. The van der Waals surface area contributed by atoms with Gasteiger partial charge in [-0.15, -0.1) is 0 Å². The minimum absolute atomic E-state index is 0.250. The van der Waals surface area contributed by atoms with Gasteiger partial charge >= 0.3 is 6.09 Å². The summed E-state index contributed by atoms with van der Waals surface area (Å²) in [7, 11) is 3.28. The van der Waals surface area contributed by atoms with Crippen LogP contribution in [0.25, 0.3) is 0 Å². The average Bonchev–Trinajstić information content (AvgIpc) is 2.39. The number of rotatable bonds is 6. The zero-order valence-corrected chi connectivity index (χ0v) is 12.4. The molecule has 0 heterocycles. The van der Waals surface area contributed by atoms with Gasteiger partial charge in [0.05, 0.1) is 6.10 Å². The first-order valence-corrected chi connectivity index (χ1v) is 6.67. The molecule has 0 bridgehead atoms. The quantitative estimate of drug-likeness (QED) is 0.813. The Morgan fingerprint density at radius 1 is 1.30 bits per heavy atom. The van der Waals surface area contributed by atoms with E-state index < -0.39 is 6.10 Å². The molecule has 4 nitrogen and oxygen atoms in total. The fourth-order valence-electron chi connectivity index (χ4n) is 1.88. The summed E-state index contributed by atoms with van der Waals surface area (Å²) in [6, 6.07) is 9.46. The van der Waals surface area contributed by atoms with Crippen LogP contribution in [-0.2, 0) is 4.74 Å². The number of aliphatic hydroxyl groups excluding tert-OH is 1. The summed E-state index contributed by atoms with van der Waals surface area (Å²) in [5, 5.41) is 10.1. The Morgan fingerprint density at radius 3 is 2.45 bits per heavy atom. The van der Waals surface area contributed by atoms with E-state index in [4.69, 9.17) is 4.74 Å². The lowest BCUT2D eigenvalue weighted by atomic mass is 9.99. The Kier molecular flexibility index (Phi) is 6.25. The van der Waals surface area contributed by atoms with Crippen molar-refractivity contribution in [1.29, 1.82) is 0 Å². The second-order valence-electron chi connectivity index (χ2n) is 5.17. The van der Waals surface area contributed by atoms with E-state index in [9.17, 15) is 9.90 Å². The van der Waals surface area contributed by atoms with E-state index in [1.165, 1.54) is 4.90 Å². The van der Waals surface area contributed by atoms with Crippen molar-refractivity contribution in [2.75, 3.05) is 14.1 Å². The highest BCUT2D eigenvalue weighted by Gasteiger charge is 2.15. The van der Waals surface area contributed by atoms with Gasteiger partial charge in [-0.05, 0) is 18.9 Å². The molecule has 0 aliphatic rings. The van der Waals surface area contributed by atoms with Gasteiger partial charge in [0.2, 0.25) is 0 Å². The highest BCUT2D eigenvalue weighted by atomic mass is 16.6. The molecule has 0 saturated heterocycles. The largest absolute Gasteiger partial charge is 0.446 e. The average molecular weight is 277 g/mol. The summed E-state index contributed by atoms with van der Waals surface area (Å²) < 4.78 is 5.21. The van der Waals surface area contributed by atoms with Crippen LogP contribution in [0.2, 0.25) is 0 Å². The van der Waals surface area contributed by atoms with Crippen molar-refractivity contribution in [1.82, 2.24) is 4.90 Å². The SMILES string of the molecule is C=C(C[C@@H](O)c1ccccc1)C[C@H](C)OC(=O)N(C)C. The molecular formula is C16H23NO3. The van der Waals surface area contributed by atoms with Crippen LogP contribution in [0.15, 0.2) is 42.5 Å². The molecular weight excluding hydrogens is 254 g/mol. The van der Waals surface area contributed by atoms with Gasteiger partial charge in [0.1, 0.15) is 6.10 Å². The van der Waals surface area contributed by atoms with E-state index >= 15 is 0 Å². The van der Waals surface area contributed by atoms with Crippen LogP contribution in [0.5, 0.6) is 0 Å². The van der Waals surface area contributed by atoms with Gasteiger partial charge in [0, 0.05) is 20.5 Å². The maximum Gasteiger partial charge on any atom is 0.409 e. The first-order valence-electron chi connectivity index (χ1n) is 6.67. The zero-order chi connectivity index (χ0) is 15.1. The predicted molar refractivity (Wildman–Crippen MR) is 79.4 cm³/mol. The maximum atomic E-state index is 11.4. The van der Waals surface area contributed by atoms with Crippen molar-refractivity contribution in [2.45, 2.75) is 32.0 Å². The second kappa shape index (κ2) is 7.70. The van der Waals surface area contributed by atoms with Gasteiger partial charge in [-0.1, -0.05) is 42.5 Å². The second-order valence-corrected chi connectivity index (χ2v) is 5.17. The topological polar surface area (TPSA) is 49.8 Å². The molecule has 0 saturated carbocycles. The monoisotopic (exact) mass is 277 g/mol. The molecule has 1 aromatic rings. The summed E-state index contributed by atoms with van der Waals surface area (Å²) in [4.78, 5) is 12.8. The molecule has 0 fully saturated rings. The van der Waals surface area contributed by atoms with E-state index in [0.29, 0.717) is 12.8 Å². The predicted octanol–water partition coefficient (Wildman–Crippen LogP) is 3.14. The van der Waals surface area contributed by atoms with E-state index in [2.05, 4.69) is 6.58 Å². The molecule has 1 rings (SSSR count). The maximum absolute atomic E-state index is 11.4. The van der Waals surface area contributed by atoms with E-state index in [1.807, 2.05) is 37.3 Å². The Labute approximate surface area is 120 Å². The van der Waals surface area contributed by atoms with Gasteiger partial charge in [-0.2, -0.15) is 0 Å². The molecule has 2 atom stereocenters. The van der Waals surface area contributed by atoms with E-state index in [1.54, 1.807) is 14.1 Å². The molecule has 0 aliphatic carbocycles. The van der Waals surface area contributed by atoms with Gasteiger partial charge in [-0.3, -0.25) is 0 Å². The normalized spacial score (nSPS) is 13.4. The standard InChI is InChI=1S/C16H23NO3/c1-12(10-13(2)20-16(19)17(3)4)11-15(18)14-8-6-5-7-9-14/h5-9,13,15,18H,1,10-11H2,2-4H3/t13-,15+/m0/s1. The zero-order valence-electron chi connectivity index (χ0n) is 12.4. The molecule has 0 spiro atoms. The summed E-state index contributed by atoms with van der Waals surface area (Å²) in [6.45, 7) is 5.77. The third kappa shape index (κ3) is 5.45. The molecule has 4 heteroatoms. The molecule has 0 aliphatic heterocycles. The van der Waals surface area contributed by atoms with Crippen molar-refractivity contribution < 1.29 is 14.6 Å². The fourth-order valence-corrected chi connectivity index (χ4v) is 1.88. The van der Waals surface area contributed by atoms with Gasteiger partial charge in [0.15, 0.2) is 0 Å². The number of carbonyl (C=O) groups excluding carboxylic acids is 1. The minimum Gasteiger partial charge on any atom is -0.446 e. The van der Waals surface area contributed by atoms with Crippen molar-refractivity contribution >= 4 is 6.09 Å². The summed E-state index contributed by atoms with van der Waals surface area (Å²) in [6.07, 6.45) is -0.174. The van der Waals surface area contributed by atoms with Crippen LogP contribution in [0, 0.1) is 0 Å². The Balaban J connectivity index is 2.42. The van der Waals surface area contributed by atoms with Crippen molar-refractivity contribution in [3.63, 3.8) is 0 Å². The molecule has 1 amide bonds. The highest BCUT2D eigenvalue weighted by molar-refractivity contribution is 5.66. The Bertz CT molecular complexity index is 442. The molecule has 1 N–H and O–H groups in total. The Hall–Kier alpha value is -1.81. The third-order valence-corrected chi connectivity index (χ3v) is 2.91. The number of nitrogens with zero attached hydrogens (tertiary/aromatic N) is 1. The van der Waals surface area contributed by atoms with Gasteiger partial charge < -0.3 is 14.7 Å². The first-order chi connectivity index (χ1) is 9.40. The molecule has 0 unspecified atom stereocenters. The van der Waals surface area contributed by atoms with Crippen LogP contribution in [0.3, 0.4) is 0 Å². The fraction of sp³-hybridized carbons (Fsp3) is 0.438. The number of benzene rings is 1. The van der Waals surface area contributed by atoms with Crippen LogP contribution < -0.4 is 0 Å². The van der Waals surface area contributed by atoms with Crippen LogP contribution in [0.4, 0.5) is 4.79 Å². The number of hydrogen-bond donors (Lipinski definition) is 1. The molecule has 0 aromatic heterocycles. The number of amides is 1. The third-order valence-electron chi connectivity index (χ3n) is 2.91. The van der Waals surface area contributed by atoms with Crippen molar-refractivity contribution in [2.24, 2.45) is 0 Å². The van der Waals surface area contributed by atoms with Crippen LogP contribution >= 0.6 is 0 Å². The number of carbonyl (C=O) groups is 1. The van der Waals surface area contributed by atoms with Gasteiger partial charge in [-0.25, -0.2) is 4.79 Å². The first kappa shape index (κ1) is 16.2. The van der Waals surface area contributed by atoms with E-state index in [0.717, 1.165) is 11.1 Å². The molecule has 110 valence electrons. The van der Waals surface area contributed by atoms with Gasteiger partial charge in [0.25, 0.3) is 0 Å². The molecule has 0 radical (unpaired) electrons. The number of hydrogen-bond acceptors (Lipinski definition) is 3. The van der Waals surface area contributed by atoms with Crippen molar-refractivity contribution in [3.05, 3.63) is 48.0 Å². The van der Waals surface area contributed by atoms with Crippen LogP contribution in [0.1, 0.15) is 31.4 Å². The molecule has 1 aromatic carbocycles. The van der Waals surface area contributed by atoms with Crippen molar-refractivity contribution in [3.8, 4) is 0 Å². The summed E-state index contributed by atoms with van der Waals surface area (Å²) in [5.74, 6) is 0. The highest BCUT2D eigenvalue weighted by Crippen LogP contribution is 2.22. The summed E-state index contributed by atoms with van der Waals surface area (Å²) >= 11 is 0. The molecule has 20 heavy (non-hydrogen) atoms. The van der Waals surface area contributed by atoms with E-state index in [-0.39, 0.29) is 12.2 Å². The number of ether oxygens (including phenoxy) is 1. The lowest BCUT2D eigenvalue weighted by Crippen LogP contribution is -2.26. The lowest BCUT2D eigenvalue weighted by molar-refractivity contribution is 0.0814. The minimum atomic E-state index is -0.569.